The van der Waals surface area contributed by atoms with Gasteiger partial charge in [-0.25, -0.2) is 13.1 Å². The van der Waals surface area contributed by atoms with Crippen molar-refractivity contribution in [1.82, 2.24) is 14.6 Å². The first-order valence-electron chi connectivity index (χ1n) is 6.72. The molecule has 0 amide bonds. The van der Waals surface area contributed by atoms with Crippen molar-refractivity contribution in [2.24, 2.45) is 0 Å². The minimum absolute atomic E-state index is 0.0942. The van der Waals surface area contributed by atoms with Crippen LogP contribution in [0, 0.1) is 0 Å². The van der Waals surface area contributed by atoms with Gasteiger partial charge in [0.15, 0.2) is 0 Å². The van der Waals surface area contributed by atoms with Crippen molar-refractivity contribution in [2.75, 3.05) is 19.6 Å². The van der Waals surface area contributed by atoms with E-state index in [2.05, 4.69) is 14.6 Å². The first kappa shape index (κ1) is 14.4. The molecule has 2 heterocycles. The maximum atomic E-state index is 12.1. The van der Waals surface area contributed by atoms with Crippen LogP contribution in [-0.2, 0) is 10.0 Å². The topological polar surface area (TPSA) is 62.3 Å². The molecule has 1 aromatic heterocycles. The average molecular weight is 283 g/mol. The first-order valence-corrected chi connectivity index (χ1v) is 8.21. The molecule has 1 aliphatic rings. The summed E-state index contributed by atoms with van der Waals surface area (Å²) in [7, 11) is -3.45. The molecular weight excluding hydrogens is 262 g/mol. The lowest BCUT2D eigenvalue weighted by atomic mass is 10.1. The maximum Gasteiger partial charge on any atom is 0.242 e. The van der Waals surface area contributed by atoms with Gasteiger partial charge in [0, 0.05) is 25.0 Å². The molecule has 19 heavy (non-hydrogen) atoms. The maximum absolute atomic E-state index is 12.1. The number of hydrogen-bond acceptors (Lipinski definition) is 4. The predicted octanol–water partition coefficient (Wildman–Crippen LogP) is 1.23. The molecule has 0 aromatic carbocycles. The van der Waals surface area contributed by atoms with E-state index in [9.17, 15) is 8.42 Å². The molecule has 6 heteroatoms. The highest BCUT2D eigenvalue weighted by molar-refractivity contribution is 7.89. The number of likely N-dealkylation sites (tertiary alicyclic amines) is 1. The van der Waals surface area contributed by atoms with Gasteiger partial charge >= 0.3 is 0 Å². The minimum atomic E-state index is -3.45. The van der Waals surface area contributed by atoms with Crippen LogP contribution in [0.3, 0.4) is 0 Å². The molecular formula is C13H21N3O2S. The SMILES string of the molecule is C[C@H](CN1CCCCC1)NS(=O)(=O)c1cccnc1. The van der Waals surface area contributed by atoms with E-state index in [0.29, 0.717) is 0 Å². The summed E-state index contributed by atoms with van der Waals surface area (Å²) in [6, 6.07) is 3.09. The van der Waals surface area contributed by atoms with Gasteiger partial charge in [0.1, 0.15) is 4.90 Å². The predicted molar refractivity (Wildman–Crippen MR) is 74.3 cm³/mol. The minimum Gasteiger partial charge on any atom is -0.302 e. The zero-order chi connectivity index (χ0) is 13.7. The fraction of sp³-hybridized carbons (Fsp3) is 0.615. The van der Waals surface area contributed by atoms with Crippen LogP contribution < -0.4 is 4.72 Å². The van der Waals surface area contributed by atoms with Gasteiger partial charge in [-0.1, -0.05) is 6.42 Å². The number of nitrogens with one attached hydrogen (secondary N) is 1. The molecule has 0 unspecified atom stereocenters. The molecule has 0 saturated carbocycles. The normalized spacial score (nSPS) is 19.2. The lowest BCUT2D eigenvalue weighted by molar-refractivity contribution is 0.215. The summed E-state index contributed by atoms with van der Waals surface area (Å²) < 4.78 is 26.9. The van der Waals surface area contributed by atoms with Gasteiger partial charge in [-0.15, -0.1) is 0 Å². The molecule has 2 rings (SSSR count). The quantitative estimate of drug-likeness (QED) is 0.883. The summed E-state index contributed by atoms with van der Waals surface area (Å²) in [5.74, 6) is 0. The number of hydrogen-bond donors (Lipinski definition) is 1. The molecule has 0 radical (unpaired) electrons. The Hall–Kier alpha value is -0.980. The van der Waals surface area contributed by atoms with Crippen molar-refractivity contribution in [1.29, 1.82) is 0 Å². The van der Waals surface area contributed by atoms with Crippen molar-refractivity contribution < 1.29 is 8.42 Å². The van der Waals surface area contributed by atoms with Crippen molar-refractivity contribution >= 4 is 10.0 Å². The molecule has 0 spiro atoms. The van der Waals surface area contributed by atoms with Crippen molar-refractivity contribution in [3.05, 3.63) is 24.5 Å². The Kier molecular flexibility index (Phi) is 4.90. The highest BCUT2D eigenvalue weighted by Crippen LogP contribution is 2.10. The summed E-state index contributed by atoms with van der Waals surface area (Å²) in [6.07, 6.45) is 6.64. The van der Waals surface area contributed by atoms with Crippen LogP contribution in [0.2, 0.25) is 0 Å². The van der Waals surface area contributed by atoms with Crippen LogP contribution >= 0.6 is 0 Å². The lowest BCUT2D eigenvalue weighted by Crippen LogP contribution is -2.43. The second-order valence-electron chi connectivity index (χ2n) is 5.07. The summed E-state index contributed by atoms with van der Waals surface area (Å²) in [5, 5.41) is 0. The molecule has 1 aromatic rings. The molecule has 1 N–H and O–H groups in total. The van der Waals surface area contributed by atoms with E-state index in [1.807, 2.05) is 6.92 Å². The summed E-state index contributed by atoms with van der Waals surface area (Å²) in [5.41, 5.74) is 0. The van der Waals surface area contributed by atoms with Crippen LogP contribution in [-0.4, -0.2) is 44.0 Å². The van der Waals surface area contributed by atoms with Crippen LogP contribution in [0.4, 0.5) is 0 Å². The molecule has 1 saturated heterocycles. The fourth-order valence-corrected chi connectivity index (χ4v) is 3.60. The van der Waals surface area contributed by atoms with Gasteiger partial charge in [0.05, 0.1) is 0 Å². The lowest BCUT2D eigenvalue weighted by Gasteiger charge is -2.29. The van der Waals surface area contributed by atoms with E-state index in [1.54, 1.807) is 18.3 Å². The molecule has 0 bridgehead atoms. The number of nitrogens with zero attached hydrogens (tertiary/aromatic N) is 2. The van der Waals surface area contributed by atoms with Crippen molar-refractivity contribution in [3.63, 3.8) is 0 Å². The second kappa shape index (κ2) is 6.45. The second-order valence-corrected chi connectivity index (χ2v) is 6.79. The molecule has 1 fully saturated rings. The van der Waals surface area contributed by atoms with E-state index in [4.69, 9.17) is 0 Å². The van der Waals surface area contributed by atoms with E-state index >= 15 is 0 Å². The third kappa shape index (κ3) is 4.26. The van der Waals surface area contributed by atoms with Gasteiger partial charge in [0.25, 0.3) is 0 Å². The highest BCUT2D eigenvalue weighted by atomic mass is 32.2. The van der Waals surface area contributed by atoms with Crippen LogP contribution in [0.1, 0.15) is 26.2 Å². The van der Waals surface area contributed by atoms with E-state index in [1.165, 1.54) is 25.5 Å². The standard InChI is InChI=1S/C13H21N3O2S/c1-12(11-16-8-3-2-4-9-16)15-19(17,18)13-6-5-7-14-10-13/h5-7,10,12,15H,2-4,8-9,11H2,1H3/t12-/m1/s1. The summed E-state index contributed by atoms with van der Waals surface area (Å²) in [4.78, 5) is 6.39. The van der Waals surface area contributed by atoms with Crippen LogP contribution in [0.5, 0.6) is 0 Å². The Morgan fingerprint density at radius 2 is 2.11 bits per heavy atom. The Balaban J connectivity index is 1.92. The Bertz CT molecular complexity index is 484. The monoisotopic (exact) mass is 283 g/mol. The third-order valence-corrected chi connectivity index (χ3v) is 4.86. The number of piperidine rings is 1. The van der Waals surface area contributed by atoms with E-state index in [-0.39, 0.29) is 10.9 Å². The number of pyridine rings is 1. The molecule has 0 aliphatic carbocycles. The first-order chi connectivity index (χ1) is 9.08. The Morgan fingerprint density at radius 3 is 2.74 bits per heavy atom. The number of sulfonamides is 1. The largest absolute Gasteiger partial charge is 0.302 e. The highest BCUT2D eigenvalue weighted by Gasteiger charge is 2.20. The summed E-state index contributed by atoms with van der Waals surface area (Å²) >= 11 is 0. The van der Waals surface area contributed by atoms with Gasteiger partial charge in [0.2, 0.25) is 10.0 Å². The van der Waals surface area contributed by atoms with Gasteiger partial charge in [-0.05, 0) is 45.0 Å². The molecule has 1 atom stereocenters. The average Bonchev–Trinajstić information content (AvgIpc) is 2.40. The zero-order valence-electron chi connectivity index (χ0n) is 11.2. The van der Waals surface area contributed by atoms with Crippen molar-refractivity contribution in [2.45, 2.75) is 37.1 Å². The van der Waals surface area contributed by atoms with Crippen LogP contribution in [0.15, 0.2) is 29.4 Å². The van der Waals surface area contributed by atoms with Gasteiger partial charge in [-0.3, -0.25) is 4.98 Å². The van der Waals surface area contributed by atoms with E-state index in [0.717, 1.165) is 19.6 Å². The fourth-order valence-electron chi connectivity index (χ4n) is 2.41. The van der Waals surface area contributed by atoms with Gasteiger partial charge < -0.3 is 4.90 Å². The smallest absolute Gasteiger partial charge is 0.242 e. The van der Waals surface area contributed by atoms with E-state index < -0.39 is 10.0 Å². The van der Waals surface area contributed by atoms with Crippen molar-refractivity contribution in [3.8, 4) is 0 Å². The Labute approximate surface area is 115 Å². The number of aromatic nitrogens is 1. The number of rotatable bonds is 5. The van der Waals surface area contributed by atoms with Crippen LogP contribution in [0.25, 0.3) is 0 Å². The van der Waals surface area contributed by atoms with Gasteiger partial charge in [-0.2, -0.15) is 0 Å². The molecule has 106 valence electrons. The zero-order valence-corrected chi connectivity index (χ0v) is 12.1. The Morgan fingerprint density at radius 1 is 1.37 bits per heavy atom. The summed E-state index contributed by atoms with van der Waals surface area (Å²) in [6.45, 7) is 4.81. The molecule has 5 nitrogen and oxygen atoms in total. The third-order valence-electron chi connectivity index (χ3n) is 3.28. The molecule has 1 aliphatic heterocycles.